The van der Waals surface area contributed by atoms with Gasteiger partial charge in [-0.3, -0.25) is 4.79 Å². The summed E-state index contributed by atoms with van der Waals surface area (Å²) in [7, 11) is 3.86. The molecule has 26 heavy (non-hydrogen) atoms. The van der Waals surface area contributed by atoms with E-state index in [9.17, 15) is 9.59 Å². The van der Waals surface area contributed by atoms with Crippen molar-refractivity contribution in [2.45, 2.75) is 6.92 Å². The van der Waals surface area contributed by atoms with Gasteiger partial charge < -0.3 is 20.3 Å². The molecule has 0 bridgehead atoms. The summed E-state index contributed by atoms with van der Waals surface area (Å²) in [6.07, 6.45) is 1.30. The van der Waals surface area contributed by atoms with Crippen LogP contribution in [-0.2, 0) is 4.74 Å². The van der Waals surface area contributed by atoms with E-state index in [1.165, 1.54) is 12.4 Å². The molecule has 2 N–H and O–H groups in total. The molecular formula is C18H23N5O3. The maximum Gasteiger partial charge on any atom is 0.340 e. The first kappa shape index (κ1) is 19.3. The van der Waals surface area contributed by atoms with E-state index in [4.69, 9.17) is 4.74 Å². The number of carbonyl (C=O) groups is 2. The lowest BCUT2D eigenvalue weighted by molar-refractivity contribution is 0.0527. The number of aromatic nitrogens is 2. The molecule has 2 aromatic rings. The molecule has 1 heterocycles. The lowest BCUT2D eigenvalue weighted by atomic mass is 10.2. The first-order valence-electron chi connectivity index (χ1n) is 8.29. The van der Waals surface area contributed by atoms with Crippen molar-refractivity contribution >= 4 is 23.4 Å². The van der Waals surface area contributed by atoms with Crippen LogP contribution in [-0.4, -0.2) is 60.5 Å². The molecule has 0 atom stereocenters. The van der Waals surface area contributed by atoms with Crippen LogP contribution in [0.3, 0.4) is 0 Å². The van der Waals surface area contributed by atoms with Gasteiger partial charge in [-0.15, -0.1) is 0 Å². The van der Waals surface area contributed by atoms with Gasteiger partial charge in [0.1, 0.15) is 17.8 Å². The molecule has 0 radical (unpaired) electrons. The Morgan fingerprint density at radius 3 is 2.69 bits per heavy atom. The molecule has 1 aromatic heterocycles. The number of hydrogen-bond donors (Lipinski definition) is 2. The number of benzene rings is 1. The van der Waals surface area contributed by atoms with E-state index in [0.717, 1.165) is 6.54 Å². The van der Waals surface area contributed by atoms with E-state index < -0.39 is 5.97 Å². The predicted octanol–water partition coefficient (Wildman–Crippen LogP) is 1.69. The number of rotatable bonds is 8. The van der Waals surface area contributed by atoms with Gasteiger partial charge in [-0.25, -0.2) is 14.8 Å². The van der Waals surface area contributed by atoms with Crippen molar-refractivity contribution < 1.29 is 14.3 Å². The van der Waals surface area contributed by atoms with Gasteiger partial charge in [0.15, 0.2) is 0 Å². The molecule has 0 spiro atoms. The van der Waals surface area contributed by atoms with E-state index in [-0.39, 0.29) is 18.2 Å². The SMILES string of the molecule is CCOC(=O)c1ccccc1Nc1cc(C(=O)NCCN(C)C)ncn1. The molecule has 0 aliphatic carbocycles. The molecule has 0 unspecified atom stereocenters. The number of anilines is 2. The van der Waals surface area contributed by atoms with Gasteiger partial charge in [-0.05, 0) is 33.2 Å². The lowest BCUT2D eigenvalue weighted by Gasteiger charge is -2.12. The van der Waals surface area contributed by atoms with Crippen molar-refractivity contribution in [1.29, 1.82) is 0 Å². The lowest BCUT2D eigenvalue weighted by Crippen LogP contribution is -2.31. The maximum atomic E-state index is 12.2. The smallest absolute Gasteiger partial charge is 0.340 e. The fourth-order valence-corrected chi connectivity index (χ4v) is 2.15. The van der Waals surface area contributed by atoms with Gasteiger partial charge in [0.05, 0.1) is 17.9 Å². The first-order chi connectivity index (χ1) is 12.5. The van der Waals surface area contributed by atoms with Crippen LogP contribution >= 0.6 is 0 Å². The molecule has 138 valence electrons. The number of hydrogen-bond acceptors (Lipinski definition) is 7. The number of likely N-dealkylation sites (N-methyl/N-ethyl adjacent to an activating group) is 1. The highest BCUT2D eigenvalue weighted by molar-refractivity contribution is 5.97. The van der Waals surface area contributed by atoms with E-state index >= 15 is 0 Å². The highest BCUT2D eigenvalue weighted by Gasteiger charge is 2.13. The van der Waals surface area contributed by atoms with E-state index in [1.807, 2.05) is 19.0 Å². The van der Waals surface area contributed by atoms with Crippen molar-refractivity contribution in [1.82, 2.24) is 20.2 Å². The Kier molecular flexibility index (Phi) is 7.04. The molecule has 1 amide bonds. The number of esters is 1. The highest BCUT2D eigenvalue weighted by atomic mass is 16.5. The zero-order valence-electron chi connectivity index (χ0n) is 15.2. The Bertz CT molecular complexity index is 764. The van der Waals surface area contributed by atoms with Gasteiger partial charge in [-0.2, -0.15) is 0 Å². The van der Waals surface area contributed by atoms with Gasteiger partial charge >= 0.3 is 5.97 Å². The zero-order valence-corrected chi connectivity index (χ0v) is 15.2. The van der Waals surface area contributed by atoms with E-state index in [1.54, 1.807) is 31.2 Å². The molecule has 2 rings (SSSR count). The number of amides is 1. The van der Waals surface area contributed by atoms with Crippen LogP contribution in [0.15, 0.2) is 36.7 Å². The average Bonchev–Trinajstić information content (AvgIpc) is 2.62. The average molecular weight is 357 g/mol. The van der Waals surface area contributed by atoms with Crippen LogP contribution in [0, 0.1) is 0 Å². The third-order valence-corrected chi connectivity index (χ3v) is 3.43. The standard InChI is InChI=1S/C18H23N5O3/c1-4-26-18(25)13-7-5-6-8-14(13)22-16-11-15(20-12-21-16)17(24)19-9-10-23(2)3/h5-8,11-12H,4,9-10H2,1-3H3,(H,19,24)(H,20,21,22). The number of para-hydroxylation sites is 1. The van der Waals surface area contributed by atoms with Crippen LogP contribution in [0.25, 0.3) is 0 Å². The predicted molar refractivity (Wildman–Crippen MR) is 98.6 cm³/mol. The minimum Gasteiger partial charge on any atom is -0.462 e. The third kappa shape index (κ3) is 5.52. The summed E-state index contributed by atoms with van der Waals surface area (Å²) < 4.78 is 5.05. The van der Waals surface area contributed by atoms with Gasteiger partial charge in [-0.1, -0.05) is 12.1 Å². The summed E-state index contributed by atoms with van der Waals surface area (Å²) in [4.78, 5) is 34.3. The second kappa shape index (κ2) is 9.47. The third-order valence-electron chi connectivity index (χ3n) is 3.43. The summed E-state index contributed by atoms with van der Waals surface area (Å²) >= 11 is 0. The summed E-state index contributed by atoms with van der Waals surface area (Å²) in [6.45, 7) is 3.29. The summed E-state index contributed by atoms with van der Waals surface area (Å²) in [5.41, 5.74) is 1.18. The second-order valence-corrected chi connectivity index (χ2v) is 5.74. The summed E-state index contributed by atoms with van der Waals surface area (Å²) in [5, 5.41) is 5.84. The van der Waals surface area contributed by atoms with E-state index in [0.29, 0.717) is 23.6 Å². The van der Waals surface area contributed by atoms with Crippen molar-refractivity contribution in [2.24, 2.45) is 0 Å². The Morgan fingerprint density at radius 1 is 1.19 bits per heavy atom. The van der Waals surface area contributed by atoms with Crippen molar-refractivity contribution in [3.05, 3.63) is 47.9 Å². The van der Waals surface area contributed by atoms with Crippen LogP contribution in [0.4, 0.5) is 11.5 Å². The Balaban J connectivity index is 2.12. The Morgan fingerprint density at radius 2 is 1.96 bits per heavy atom. The van der Waals surface area contributed by atoms with Gasteiger partial charge in [0.2, 0.25) is 0 Å². The normalized spacial score (nSPS) is 10.5. The molecule has 8 nitrogen and oxygen atoms in total. The van der Waals surface area contributed by atoms with Gasteiger partial charge in [0, 0.05) is 19.2 Å². The molecule has 8 heteroatoms. The van der Waals surface area contributed by atoms with Gasteiger partial charge in [0.25, 0.3) is 5.91 Å². The van der Waals surface area contributed by atoms with Crippen LogP contribution < -0.4 is 10.6 Å². The molecule has 0 saturated heterocycles. The Hall–Kier alpha value is -3.00. The number of nitrogens with zero attached hydrogens (tertiary/aromatic N) is 3. The summed E-state index contributed by atoms with van der Waals surface area (Å²) in [6, 6.07) is 8.48. The van der Waals surface area contributed by atoms with Crippen molar-refractivity contribution in [3.8, 4) is 0 Å². The van der Waals surface area contributed by atoms with Crippen LogP contribution in [0.1, 0.15) is 27.8 Å². The first-order valence-corrected chi connectivity index (χ1v) is 8.29. The highest BCUT2D eigenvalue weighted by Crippen LogP contribution is 2.20. The molecule has 0 fully saturated rings. The quantitative estimate of drug-likeness (QED) is 0.694. The maximum absolute atomic E-state index is 12.2. The van der Waals surface area contributed by atoms with Crippen molar-refractivity contribution in [2.75, 3.05) is 39.1 Å². The van der Waals surface area contributed by atoms with Crippen molar-refractivity contribution in [3.63, 3.8) is 0 Å². The molecule has 0 saturated carbocycles. The molecule has 1 aromatic carbocycles. The van der Waals surface area contributed by atoms with Crippen LogP contribution in [0.2, 0.25) is 0 Å². The zero-order chi connectivity index (χ0) is 18.9. The molecular weight excluding hydrogens is 334 g/mol. The molecule has 0 aliphatic heterocycles. The number of ether oxygens (including phenoxy) is 1. The largest absolute Gasteiger partial charge is 0.462 e. The van der Waals surface area contributed by atoms with Crippen LogP contribution in [0.5, 0.6) is 0 Å². The molecule has 0 aliphatic rings. The Labute approximate surface area is 152 Å². The van der Waals surface area contributed by atoms with E-state index in [2.05, 4.69) is 20.6 Å². The fraction of sp³-hybridized carbons (Fsp3) is 0.333. The summed E-state index contributed by atoms with van der Waals surface area (Å²) in [5.74, 6) is -0.295. The monoisotopic (exact) mass is 357 g/mol. The minimum absolute atomic E-state index is 0.245. The minimum atomic E-state index is -0.425. The number of carbonyl (C=O) groups excluding carboxylic acids is 2. The number of nitrogens with one attached hydrogen (secondary N) is 2. The topological polar surface area (TPSA) is 96.4 Å². The second-order valence-electron chi connectivity index (χ2n) is 5.74. The fourth-order valence-electron chi connectivity index (χ4n) is 2.15.